The van der Waals surface area contributed by atoms with Crippen molar-refractivity contribution in [3.05, 3.63) is 36.8 Å². The lowest BCUT2D eigenvalue weighted by molar-refractivity contribution is -0.140. The smallest absolute Gasteiger partial charge is 0.248 e. The summed E-state index contributed by atoms with van der Waals surface area (Å²) in [5.41, 5.74) is 10.2. The van der Waals surface area contributed by atoms with Crippen LogP contribution < -0.4 is 27.4 Å². The van der Waals surface area contributed by atoms with Crippen LogP contribution >= 0.6 is 0 Å². The molecule has 1 aromatic carbocycles. The SMILES string of the molecule is [CH2]c1ccc(NC(=O)[C@H](CC(N)=O)NC(=O)[C@H](C)NC(=O)[C@](C)(N)C(=O)COCCOC)cc1. The number of primary amides is 1. The van der Waals surface area contributed by atoms with Gasteiger partial charge in [-0.2, -0.15) is 0 Å². The molecular weight excluding hydrogens is 446 g/mol. The summed E-state index contributed by atoms with van der Waals surface area (Å²) in [6, 6.07) is 4.05. The number of carbonyl (C=O) groups excluding carboxylic acids is 5. The summed E-state index contributed by atoms with van der Waals surface area (Å²) in [4.78, 5) is 61.3. The van der Waals surface area contributed by atoms with E-state index in [2.05, 4.69) is 22.9 Å². The van der Waals surface area contributed by atoms with Crippen molar-refractivity contribution in [2.75, 3.05) is 32.2 Å². The fraction of sp³-hybridized carbons (Fsp3) is 0.455. The zero-order chi connectivity index (χ0) is 25.9. The fourth-order valence-electron chi connectivity index (χ4n) is 2.52. The summed E-state index contributed by atoms with van der Waals surface area (Å²) in [5, 5.41) is 7.26. The number of amides is 4. The molecule has 0 fully saturated rings. The first-order chi connectivity index (χ1) is 15.9. The lowest BCUT2D eigenvalue weighted by atomic mass is 9.96. The molecule has 187 valence electrons. The second kappa shape index (κ2) is 13.4. The number of rotatable bonds is 14. The first kappa shape index (κ1) is 28.7. The molecule has 0 aliphatic rings. The molecule has 0 aromatic heterocycles. The number of nitrogens with one attached hydrogen (secondary N) is 3. The Kier molecular flexibility index (Phi) is 11.3. The third kappa shape index (κ3) is 9.25. The van der Waals surface area contributed by atoms with Crippen LogP contribution in [0.2, 0.25) is 0 Å². The van der Waals surface area contributed by atoms with Gasteiger partial charge >= 0.3 is 0 Å². The van der Waals surface area contributed by atoms with Crippen molar-refractivity contribution in [3.63, 3.8) is 0 Å². The molecule has 0 aliphatic carbocycles. The Labute approximate surface area is 198 Å². The third-order valence-corrected chi connectivity index (χ3v) is 4.72. The molecule has 0 unspecified atom stereocenters. The quantitative estimate of drug-likeness (QED) is 0.159. The highest BCUT2D eigenvalue weighted by Crippen LogP contribution is 2.10. The molecule has 0 heterocycles. The van der Waals surface area contributed by atoms with E-state index in [1.807, 2.05) is 0 Å². The highest BCUT2D eigenvalue weighted by atomic mass is 16.5. The highest BCUT2D eigenvalue weighted by molar-refractivity contribution is 6.11. The first-order valence-corrected chi connectivity index (χ1v) is 10.4. The minimum Gasteiger partial charge on any atom is -0.382 e. The van der Waals surface area contributed by atoms with Crippen LogP contribution in [-0.2, 0) is 33.4 Å². The average Bonchev–Trinajstić information content (AvgIpc) is 2.77. The van der Waals surface area contributed by atoms with Gasteiger partial charge in [0.05, 0.1) is 19.6 Å². The van der Waals surface area contributed by atoms with Gasteiger partial charge in [0.25, 0.3) is 0 Å². The molecule has 1 radical (unpaired) electrons. The maximum absolute atomic E-state index is 12.6. The number of methoxy groups -OCH3 is 1. The molecule has 34 heavy (non-hydrogen) atoms. The molecule has 3 atom stereocenters. The second-order valence-electron chi connectivity index (χ2n) is 7.78. The minimum absolute atomic E-state index is 0.140. The zero-order valence-corrected chi connectivity index (χ0v) is 19.5. The molecule has 7 N–H and O–H groups in total. The number of hydrogen-bond donors (Lipinski definition) is 5. The van der Waals surface area contributed by atoms with Gasteiger partial charge in [-0.3, -0.25) is 24.0 Å². The van der Waals surface area contributed by atoms with Crippen molar-refractivity contribution in [3.8, 4) is 0 Å². The molecule has 0 aliphatic heterocycles. The Morgan fingerprint density at radius 2 is 1.68 bits per heavy atom. The van der Waals surface area contributed by atoms with Crippen molar-refractivity contribution in [1.82, 2.24) is 10.6 Å². The number of carbonyl (C=O) groups is 5. The highest BCUT2D eigenvalue weighted by Gasteiger charge is 2.38. The standard InChI is InChI=1S/C22H32N5O7/c1-13-5-7-15(8-6-13)26-20(31)16(11-18(23)29)27-19(30)14(2)25-21(32)22(3,24)17(28)12-34-10-9-33-4/h5-8,14,16H,1,9-12,24H2,2-4H3,(H2,23,29)(H,25,32)(H,26,31)(H,27,30)/t14-,16-,22+/m0/s1. The van der Waals surface area contributed by atoms with Crippen molar-refractivity contribution < 1.29 is 33.4 Å². The normalized spacial score (nSPS) is 14.3. The van der Waals surface area contributed by atoms with E-state index in [4.69, 9.17) is 20.9 Å². The number of ketones is 1. The van der Waals surface area contributed by atoms with Crippen LogP contribution in [0.4, 0.5) is 5.69 Å². The topological polar surface area (TPSA) is 192 Å². The molecule has 0 saturated heterocycles. The van der Waals surface area contributed by atoms with E-state index in [1.54, 1.807) is 24.3 Å². The van der Waals surface area contributed by atoms with Gasteiger partial charge < -0.3 is 36.9 Å². The van der Waals surface area contributed by atoms with Crippen LogP contribution in [0.3, 0.4) is 0 Å². The first-order valence-electron chi connectivity index (χ1n) is 10.4. The molecular formula is C22H32N5O7. The summed E-state index contributed by atoms with van der Waals surface area (Å²) < 4.78 is 9.89. The summed E-state index contributed by atoms with van der Waals surface area (Å²) >= 11 is 0. The summed E-state index contributed by atoms with van der Waals surface area (Å²) in [6.45, 7) is 6.25. The van der Waals surface area contributed by atoms with Crippen LogP contribution in [0.25, 0.3) is 0 Å². The van der Waals surface area contributed by atoms with Gasteiger partial charge in [-0.15, -0.1) is 0 Å². The molecule has 1 aromatic rings. The molecule has 0 bridgehead atoms. The van der Waals surface area contributed by atoms with Gasteiger partial charge in [0.2, 0.25) is 23.6 Å². The summed E-state index contributed by atoms with van der Waals surface area (Å²) in [7, 11) is 1.47. The lowest BCUT2D eigenvalue weighted by Gasteiger charge is -2.25. The predicted molar refractivity (Wildman–Crippen MR) is 123 cm³/mol. The number of ether oxygens (including phenoxy) is 2. The van der Waals surface area contributed by atoms with E-state index in [1.165, 1.54) is 21.0 Å². The Balaban J connectivity index is 2.75. The lowest BCUT2D eigenvalue weighted by Crippen LogP contribution is -2.62. The minimum atomic E-state index is -1.97. The molecule has 1 rings (SSSR count). The van der Waals surface area contributed by atoms with Crippen molar-refractivity contribution in [2.24, 2.45) is 11.5 Å². The molecule has 0 saturated carbocycles. The van der Waals surface area contributed by atoms with Crippen LogP contribution in [0.5, 0.6) is 0 Å². The summed E-state index contributed by atoms with van der Waals surface area (Å²) in [5.74, 6) is -3.91. The van der Waals surface area contributed by atoms with Crippen LogP contribution in [0.15, 0.2) is 24.3 Å². The van der Waals surface area contributed by atoms with Crippen LogP contribution in [0.1, 0.15) is 25.8 Å². The van der Waals surface area contributed by atoms with E-state index in [-0.39, 0.29) is 13.2 Å². The van der Waals surface area contributed by atoms with Gasteiger partial charge in [0.1, 0.15) is 18.7 Å². The number of nitrogens with two attached hydrogens (primary N) is 2. The van der Waals surface area contributed by atoms with E-state index in [0.717, 1.165) is 5.56 Å². The maximum Gasteiger partial charge on any atom is 0.248 e. The Morgan fingerprint density at radius 3 is 2.24 bits per heavy atom. The molecule has 0 spiro atoms. The van der Waals surface area contributed by atoms with Gasteiger partial charge in [-0.05, 0) is 38.5 Å². The van der Waals surface area contributed by atoms with Gasteiger partial charge in [-0.1, -0.05) is 12.1 Å². The second-order valence-corrected chi connectivity index (χ2v) is 7.78. The van der Waals surface area contributed by atoms with Gasteiger partial charge in [0.15, 0.2) is 11.3 Å². The number of hydrogen-bond acceptors (Lipinski definition) is 8. The van der Waals surface area contributed by atoms with E-state index in [0.29, 0.717) is 5.69 Å². The van der Waals surface area contributed by atoms with E-state index in [9.17, 15) is 24.0 Å². The predicted octanol–water partition coefficient (Wildman–Crippen LogP) is -1.38. The number of Topliss-reactive ketones (excluding diaryl/α,β-unsaturated/α-hetero) is 1. The third-order valence-electron chi connectivity index (χ3n) is 4.72. The average molecular weight is 479 g/mol. The van der Waals surface area contributed by atoms with Crippen LogP contribution in [-0.4, -0.2) is 74.0 Å². The summed E-state index contributed by atoms with van der Waals surface area (Å²) in [6.07, 6.45) is -0.475. The molecule has 4 amide bonds. The number of benzene rings is 1. The molecule has 12 heteroatoms. The Hall–Kier alpha value is -3.35. The Bertz CT molecular complexity index is 886. The van der Waals surface area contributed by atoms with E-state index >= 15 is 0 Å². The maximum atomic E-state index is 12.6. The van der Waals surface area contributed by atoms with Crippen molar-refractivity contribution in [1.29, 1.82) is 0 Å². The van der Waals surface area contributed by atoms with Crippen LogP contribution in [0, 0.1) is 6.92 Å². The fourth-order valence-corrected chi connectivity index (χ4v) is 2.52. The number of anilines is 1. The monoisotopic (exact) mass is 478 g/mol. The molecule has 12 nitrogen and oxygen atoms in total. The van der Waals surface area contributed by atoms with E-state index < -0.39 is 60.1 Å². The van der Waals surface area contributed by atoms with Crippen molar-refractivity contribution >= 4 is 35.1 Å². The Morgan fingerprint density at radius 1 is 1.06 bits per heavy atom. The van der Waals surface area contributed by atoms with Crippen molar-refractivity contribution in [2.45, 2.75) is 37.9 Å². The van der Waals surface area contributed by atoms with Gasteiger partial charge in [-0.25, -0.2) is 0 Å². The largest absolute Gasteiger partial charge is 0.382 e. The van der Waals surface area contributed by atoms with Gasteiger partial charge in [0, 0.05) is 12.8 Å². The zero-order valence-electron chi connectivity index (χ0n) is 19.5.